The van der Waals surface area contributed by atoms with Gasteiger partial charge in [-0.3, -0.25) is 4.79 Å². The number of halogens is 24. The van der Waals surface area contributed by atoms with Gasteiger partial charge in [0.2, 0.25) is 12.3 Å². The number of azide groups is 1. The molecule has 0 aliphatic heterocycles. The van der Waals surface area contributed by atoms with Gasteiger partial charge in [-0.05, 0) is 53.4 Å². The van der Waals surface area contributed by atoms with E-state index in [-0.39, 0.29) is 23.8 Å². The van der Waals surface area contributed by atoms with Gasteiger partial charge < -0.3 is 4.74 Å². The van der Waals surface area contributed by atoms with E-state index in [1.807, 2.05) is 36.4 Å². The molecule has 1 aromatic heterocycles. The fraction of sp³-hybridized carbons (Fsp3) is 0.161. The molecule has 0 saturated carbocycles. The number of hydrogen-bond acceptors (Lipinski definition) is 4. The highest BCUT2D eigenvalue weighted by atomic mass is 19.4. The Labute approximate surface area is 476 Å². The highest BCUT2D eigenvalue weighted by Crippen LogP contribution is 2.42. The van der Waals surface area contributed by atoms with Crippen LogP contribution in [-0.2, 0) is 56.0 Å². The lowest BCUT2D eigenvalue weighted by molar-refractivity contribution is -0.684. The maximum absolute atomic E-state index is 14.2. The lowest BCUT2D eigenvalue weighted by atomic mass is 9.12. The lowest BCUT2D eigenvalue weighted by Gasteiger charge is -2.46. The van der Waals surface area contributed by atoms with Crippen LogP contribution >= 0.6 is 0 Å². The Hall–Kier alpha value is -9.22. The molecule has 0 spiro atoms. The average molecular weight is 1270 g/mol. The molecule has 88 heavy (non-hydrogen) atoms. The third-order valence-electron chi connectivity index (χ3n) is 13.2. The van der Waals surface area contributed by atoms with Gasteiger partial charge in [-0.25, -0.2) is 4.79 Å². The number of esters is 1. The van der Waals surface area contributed by atoms with E-state index < -0.39 is 201 Å². The summed E-state index contributed by atoms with van der Waals surface area (Å²) in [5.74, 6) is -0.500. The summed E-state index contributed by atoms with van der Waals surface area (Å²) in [6.07, 6.45) is -53.1. The van der Waals surface area contributed by atoms with Gasteiger partial charge in [0.05, 0.1) is 49.9 Å². The maximum atomic E-state index is 14.2. The maximum Gasteiger partial charge on any atom is 0.416 e. The van der Waals surface area contributed by atoms with Crippen LogP contribution in [-0.4, -0.2) is 17.9 Å². The Morgan fingerprint density at radius 3 is 1.10 bits per heavy atom. The van der Waals surface area contributed by atoms with E-state index >= 15 is 0 Å². The monoisotopic (exact) mass is 1270 g/mol. The molecule has 8 aromatic rings. The Balaban J connectivity index is 0.000000298. The van der Waals surface area contributed by atoms with Crippen molar-refractivity contribution in [2.75, 3.05) is 0 Å². The molecule has 0 aliphatic carbocycles. The third-order valence-corrected chi connectivity index (χ3v) is 13.2. The first-order valence-corrected chi connectivity index (χ1v) is 24.1. The first kappa shape index (κ1) is 66.3. The van der Waals surface area contributed by atoms with Crippen molar-refractivity contribution in [1.29, 1.82) is 0 Å². The molecule has 32 heteroatoms. The first-order valence-electron chi connectivity index (χ1n) is 24.1. The second-order valence-corrected chi connectivity index (χ2v) is 19.0. The number of fused-ring (bicyclic) bond motifs is 1. The number of pyridine rings is 1. The number of nitrogens with zero attached hydrogens (tertiary/aromatic N) is 4. The van der Waals surface area contributed by atoms with Crippen molar-refractivity contribution in [1.82, 2.24) is 0 Å². The van der Waals surface area contributed by atoms with Crippen LogP contribution in [0.25, 0.3) is 21.2 Å². The van der Waals surface area contributed by atoms with Gasteiger partial charge in [-0.2, -0.15) is 132 Å². The van der Waals surface area contributed by atoms with E-state index in [4.69, 9.17) is 10.3 Å². The number of aromatic nitrogens is 1. The second kappa shape index (κ2) is 23.8. The number of hydrogen-bond donors (Lipinski definition) is 0. The zero-order valence-electron chi connectivity index (χ0n) is 43.0. The van der Waals surface area contributed by atoms with Crippen LogP contribution in [0.15, 0.2) is 169 Å². The zero-order valence-corrected chi connectivity index (χ0v) is 43.0. The van der Waals surface area contributed by atoms with E-state index in [1.165, 1.54) is 6.07 Å². The Bertz CT molecular complexity index is 3550. The minimum atomic E-state index is -6.13. The summed E-state index contributed by atoms with van der Waals surface area (Å²) in [7, 11) is 0. The van der Waals surface area contributed by atoms with E-state index in [1.54, 1.807) is 53.2 Å². The minimum Gasteiger partial charge on any atom is -0.419 e. The highest BCUT2D eigenvalue weighted by Gasteiger charge is 2.47. The number of carbonyl (C=O) groups excluding carboxylic acids is 2. The first-order chi connectivity index (χ1) is 40.4. The number of benzene rings is 7. The number of Topliss-reactive ketones (excluding diaryl/α,β-unsaturated/α-hetero) is 1. The largest absolute Gasteiger partial charge is 0.419 e. The average Bonchev–Trinajstić information content (AvgIpc) is 0.712. The summed E-state index contributed by atoms with van der Waals surface area (Å²) in [6.45, 7) is -0.0158. The van der Waals surface area contributed by atoms with Gasteiger partial charge in [-0.1, -0.05) is 114 Å². The highest BCUT2D eigenvalue weighted by molar-refractivity contribution is 7.20. The van der Waals surface area contributed by atoms with Crippen molar-refractivity contribution in [3.63, 3.8) is 0 Å². The summed E-state index contributed by atoms with van der Waals surface area (Å²) >= 11 is 0. The van der Waals surface area contributed by atoms with Crippen molar-refractivity contribution in [2.45, 2.75) is 56.0 Å². The van der Waals surface area contributed by atoms with Gasteiger partial charge in [0.15, 0.2) is 6.20 Å². The van der Waals surface area contributed by atoms with Crippen LogP contribution in [0.1, 0.15) is 65.4 Å². The molecule has 7 aromatic carbocycles. The molecule has 8 rings (SSSR count). The summed E-state index contributed by atoms with van der Waals surface area (Å²) < 4.78 is 348. The second-order valence-electron chi connectivity index (χ2n) is 19.0. The number of alkyl halides is 24. The predicted molar refractivity (Wildman–Crippen MR) is 265 cm³/mol. The van der Waals surface area contributed by atoms with E-state index in [2.05, 4.69) is 10.0 Å². The van der Waals surface area contributed by atoms with E-state index in [9.17, 15) is 115 Å². The summed E-state index contributed by atoms with van der Waals surface area (Å²) in [5.41, 5.74) is -20.4. The van der Waals surface area contributed by atoms with Gasteiger partial charge in [0.25, 0.3) is 5.69 Å². The van der Waals surface area contributed by atoms with Gasteiger partial charge in [0, 0.05) is 22.2 Å². The van der Waals surface area contributed by atoms with Gasteiger partial charge in [0.1, 0.15) is 11.9 Å². The molecular formula is C56H29BF24N4O3. The molecule has 0 fully saturated rings. The molecule has 0 saturated heterocycles. The van der Waals surface area contributed by atoms with Crippen molar-refractivity contribution in [3.05, 3.63) is 230 Å². The van der Waals surface area contributed by atoms with Crippen LogP contribution in [0.5, 0.6) is 5.75 Å². The molecule has 462 valence electrons. The van der Waals surface area contributed by atoms with Crippen LogP contribution in [0.3, 0.4) is 0 Å². The SMILES string of the molecule is FC(F)(F)c1cc([B-](c2cc(C(F)(F)F)cc(C(F)(F)F)c2)(c2cc(C(F)(F)F)cc(C(F)(F)F)c2)c2cc(C(F)(F)F)cc(C(F)(F)F)c2)cc(C(F)(F)F)c1.[N-]=[N+]=Nc1cccc(OC(=O)c2c3ccccc3cc[n+]2CC(=O)c2ccccc2)c1. The fourth-order valence-electron chi connectivity index (χ4n) is 9.37. The van der Waals surface area contributed by atoms with Crippen LogP contribution in [0.2, 0.25) is 0 Å². The van der Waals surface area contributed by atoms with Crippen molar-refractivity contribution in [2.24, 2.45) is 5.11 Å². The number of rotatable bonds is 10. The zero-order chi connectivity index (χ0) is 65.5. The number of carbonyl (C=O) groups is 2. The molecule has 7 nitrogen and oxygen atoms in total. The molecule has 0 unspecified atom stereocenters. The molecule has 0 atom stereocenters. The van der Waals surface area contributed by atoms with Gasteiger partial charge >= 0.3 is 55.4 Å². The summed E-state index contributed by atoms with van der Waals surface area (Å²) in [4.78, 5) is 28.7. The lowest BCUT2D eigenvalue weighted by Crippen LogP contribution is -2.75. The molecule has 0 N–H and O–H groups in total. The Morgan fingerprint density at radius 2 is 0.761 bits per heavy atom. The molecule has 0 radical (unpaired) electrons. The van der Waals surface area contributed by atoms with E-state index in [0.29, 0.717) is 16.6 Å². The van der Waals surface area contributed by atoms with E-state index in [0.717, 1.165) is 5.39 Å². The van der Waals surface area contributed by atoms with Crippen LogP contribution in [0.4, 0.5) is 111 Å². The quantitative estimate of drug-likeness (QED) is 0.0157. The predicted octanol–water partition coefficient (Wildman–Crippen LogP) is 16.4. The van der Waals surface area contributed by atoms with Gasteiger partial charge in [-0.15, -0.1) is 0 Å². The third kappa shape index (κ3) is 14.9. The van der Waals surface area contributed by atoms with Crippen LogP contribution < -0.4 is 31.2 Å². The molecule has 0 bridgehead atoms. The summed E-state index contributed by atoms with van der Waals surface area (Å²) in [6, 6.07) is 15.7. The minimum absolute atomic E-state index is 0.0158. The normalized spacial score (nSPS) is 12.9. The molecular weight excluding hydrogens is 1240 g/mol. The molecule has 1 heterocycles. The van der Waals surface area contributed by atoms with Crippen molar-refractivity contribution < 1.29 is 124 Å². The summed E-state index contributed by atoms with van der Waals surface area (Å²) in [5, 5.41) is 5.04. The van der Waals surface area contributed by atoms with Crippen molar-refractivity contribution >= 4 is 56.2 Å². The molecule has 0 aliphatic rings. The topological polar surface area (TPSA) is 96.0 Å². The number of ketones is 1. The Kier molecular flexibility index (Phi) is 17.9. The number of ether oxygens (including phenoxy) is 1. The smallest absolute Gasteiger partial charge is 0.416 e. The van der Waals surface area contributed by atoms with Crippen molar-refractivity contribution in [3.8, 4) is 5.75 Å². The standard InChI is InChI=1S/C32H12BF24.C24H17N4O3/c34-25(35,36)13-1-14(26(37,38)39)6-21(5-13)33(22-7-15(27(40,41)42)2-16(8-22)28(43,44)45,23-9-17(29(46,47)48)3-18(10-23)30(49,50)51)24-11-19(31(52,53)54)4-20(12-24)32(55,56)57;25-27-26-19-10-6-11-20(15-19)31-24(30)23-21-12-5-4-7-17(21)13-14-28(23)16-22(29)18-8-2-1-3-9-18/h1-12H;1-15H,16H2/q-1;+1. The molecule has 0 amide bonds. The van der Waals surface area contributed by atoms with Crippen LogP contribution in [0, 0.1) is 0 Å². The fourth-order valence-corrected chi connectivity index (χ4v) is 9.37. The Morgan fingerprint density at radius 1 is 0.420 bits per heavy atom.